The Balaban J connectivity index is 2.69. The van der Waals surface area contributed by atoms with Crippen LogP contribution in [0.2, 0.25) is 0 Å². The minimum Gasteiger partial charge on any atom is -0.490 e. The van der Waals surface area contributed by atoms with E-state index >= 15 is 0 Å². The Morgan fingerprint density at radius 3 is 2.20 bits per heavy atom. The van der Waals surface area contributed by atoms with Crippen molar-refractivity contribution in [3.63, 3.8) is 0 Å². The van der Waals surface area contributed by atoms with Crippen LogP contribution in [0.1, 0.15) is 27.7 Å². The normalized spacial score (nSPS) is 14.5. The van der Waals surface area contributed by atoms with Crippen LogP contribution in [-0.2, 0) is 14.4 Å². The van der Waals surface area contributed by atoms with Crippen LogP contribution in [0.4, 0.5) is 0 Å². The molecular formula is C14H20BrNO4. The van der Waals surface area contributed by atoms with E-state index in [2.05, 4.69) is 15.9 Å². The Labute approximate surface area is 127 Å². The number of esters is 1. The Morgan fingerprint density at radius 2 is 1.75 bits per heavy atom. The SMILES string of the molecule is CC(C)(C)OC(=O)C(C)(COc1ccc(Br)cc1)ON. The third-order valence-corrected chi connectivity index (χ3v) is 2.95. The van der Waals surface area contributed by atoms with Crippen molar-refractivity contribution in [3.8, 4) is 5.75 Å². The molecule has 0 aliphatic rings. The van der Waals surface area contributed by atoms with Crippen LogP contribution >= 0.6 is 15.9 Å². The maximum atomic E-state index is 12.1. The van der Waals surface area contributed by atoms with Crippen LogP contribution in [0.5, 0.6) is 5.75 Å². The van der Waals surface area contributed by atoms with Crippen molar-refractivity contribution in [2.24, 2.45) is 5.90 Å². The van der Waals surface area contributed by atoms with Crippen molar-refractivity contribution < 1.29 is 19.1 Å². The van der Waals surface area contributed by atoms with Gasteiger partial charge >= 0.3 is 5.97 Å². The van der Waals surface area contributed by atoms with Gasteiger partial charge in [0.25, 0.3) is 0 Å². The summed E-state index contributed by atoms with van der Waals surface area (Å²) in [7, 11) is 0. The zero-order chi connectivity index (χ0) is 15.4. The zero-order valence-corrected chi connectivity index (χ0v) is 13.7. The Morgan fingerprint density at radius 1 is 1.20 bits per heavy atom. The molecule has 1 unspecified atom stereocenters. The standard InChI is InChI=1S/C14H20BrNO4/c1-13(2,3)19-12(17)14(4,20-16)9-18-11-7-5-10(15)6-8-11/h5-8H,9,16H2,1-4H3. The number of hydrogen-bond donors (Lipinski definition) is 1. The predicted molar refractivity (Wildman–Crippen MR) is 79.2 cm³/mol. The summed E-state index contributed by atoms with van der Waals surface area (Å²) < 4.78 is 11.7. The van der Waals surface area contributed by atoms with Crippen LogP contribution in [0.15, 0.2) is 28.7 Å². The Bertz CT molecular complexity index is 455. The average Bonchev–Trinajstić information content (AvgIpc) is 2.35. The lowest BCUT2D eigenvalue weighted by Gasteiger charge is -2.29. The summed E-state index contributed by atoms with van der Waals surface area (Å²) in [5, 5.41) is 0. The largest absolute Gasteiger partial charge is 0.490 e. The second-order valence-corrected chi connectivity index (χ2v) is 6.51. The van der Waals surface area contributed by atoms with E-state index in [0.29, 0.717) is 5.75 Å². The molecule has 0 saturated heterocycles. The number of carbonyl (C=O) groups is 1. The molecule has 1 rings (SSSR count). The first kappa shape index (κ1) is 16.9. The highest BCUT2D eigenvalue weighted by Gasteiger charge is 2.39. The van der Waals surface area contributed by atoms with Gasteiger partial charge in [0, 0.05) is 4.47 Å². The fourth-order valence-corrected chi connectivity index (χ4v) is 1.54. The number of ether oxygens (including phenoxy) is 2. The van der Waals surface area contributed by atoms with Gasteiger partial charge in [0.1, 0.15) is 18.0 Å². The van der Waals surface area contributed by atoms with Gasteiger partial charge in [-0.25, -0.2) is 10.7 Å². The summed E-state index contributed by atoms with van der Waals surface area (Å²) in [6, 6.07) is 7.22. The first-order valence-corrected chi connectivity index (χ1v) is 6.95. The van der Waals surface area contributed by atoms with E-state index in [-0.39, 0.29) is 6.61 Å². The molecule has 0 aliphatic heterocycles. The molecule has 112 valence electrons. The lowest BCUT2D eigenvalue weighted by atomic mass is 10.1. The third kappa shape index (κ3) is 5.11. The molecule has 1 aromatic carbocycles. The maximum absolute atomic E-state index is 12.1. The summed E-state index contributed by atoms with van der Waals surface area (Å²) in [5.41, 5.74) is -1.98. The van der Waals surface area contributed by atoms with Gasteiger partial charge in [0.15, 0.2) is 0 Å². The number of carbonyl (C=O) groups excluding carboxylic acids is 1. The zero-order valence-electron chi connectivity index (χ0n) is 12.1. The molecule has 6 heteroatoms. The molecule has 20 heavy (non-hydrogen) atoms. The molecule has 1 atom stereocenters. The van der Waals surface area contributed by atoms with Gasteiger partial charge in [-0.2, -0.15) is 0 Å². The lowest BCUT2D eigenvalue weighted by Crippen LogP contribution is -2.49. The average molecular weight is 346 g/mol. The van der Waals surface area contributed by atoms with Gasteiger partial charge in [-0.3, -0.25) is 4.84 Å². The maximum Gasteiger partial charge on any atom is 0.344 e. The number of hydrogen-bond acceptors (Lipinski definition) is 5. The minimum atomic E-state index is -1.36. The van der Waals surface area contributed by atoms with Crippen molar-refractivity contribution in [3.05, 3.63) is 28.7 Å². The van der Waals surface area contributed by atoms with E-state index < -0.39 is 17.2 Å². The van der Waals surface area contributed by atoms with Crippen LogP contribution < -0.4 is 10.6 Å². The van der Waals surface area contributed by atoms with Crippen LogP contribution in [0, 0.1) is 0 Å². The fourth-order valence-electron chi connectivity index (χ4n) is 1.28. The molecule has 5 nitrogen and oxygen atoms in total. The number of nitrogens with two attached hydrogens (primary N) is 1. The molecule has 0 aromatic heterocycles. The molecule has 0 aliphatic carbocycles. The highest BCUT2D eigenvalue weighted by atomic mass is 79.9. The summed E-state index contributed by atoms with van der Waals surface area (Å²) in [6.45, 7) is 6.81. The van der Waals surface area contributed by atoms with E-state index in [9.17, 15) is 4.79 Å². The van der Waals surface area contributed by atoms with E-state index in [1.807, 2.05) is 12.1 Å². The Kier molecular flexibility index (Phi) is 5.56. The highest BCUT2D eigenvalue weighted by Crippen LogP contribution is 2.20. The fraction of sp³-hybridized carbons (Fsp3) is 0.500. The first-order chi connectivity index (χ1) is 9.16. The van der Waals surface area contributed by atoms with Crippen LogP contribution in [-0.4, -0.2) is 23.8 Å². The van der Waals surface area contributed by atoms with E-state index in [1.165, 1.54) is 6.92 Å². The second-order valence-electron chi connectivity index (χ2n) is 5.59. The van der Waals surface area contributed by atoms with Gasteiger partial charge in [-0.05, 0) is 52.0 Å². The van der Waals surface area contributed by atoms with Crippen molar-refractivity contribution in [2.45, 2.75) is 38.9 Å². The highest BCUT2D eigenvalue weighted by molar-refractivity contribution is 9.10. The number of benzene rings is 1. The van der Waals surface area contributed by atoms with E-state index in [4.69, 9.17) is 20.2 Å². The smallest absolute Gasteiger partial charge is 0.344 e. The molecule has 2 N–H and O–H groups in total. The van der Waals surface area contributed by atoms with Crippen LogP contribution in [0.3, 0.4) is 0 Å². The summed E-state index contributed by atoms with van der Waals surface area (Å²) in [4.78, 5) is 16.9. The molecule has 0 radical (unpaired) electrons. The molecular weight excluding hydrogens is 326 g/mol. The summed E-state index contributed by atoms with van der Waals surface area (Å²) in [5.74, 6) is 5.27. The molecule has 0 saturated carbocycles. The van der Waals surface area contributed by atoms with E-state index in [1.54, 1.807) is 32.9 Å². The monoisotopic (exact) mass is 345 g/mol. The van der Waals surface area contributed by atoms with E-state index in [0.717, 1.165) is 4.47 Å². The summed E-state index contributed by atoms with van der Waals surface area (Å²) >= 11 is 3.33. The Hall–Kier alpha value is -1.11. The minimum absolute atomic E-state index is 0.0416. The molecule has 0 heterocycles. The second kappa shape index (κ2) is 6.56. The molecule has 0 fully saturated rings. The topological polar surface area (TPSA) is 70.8 Å². The van der Waals surface area contributed by atoms with Gasteiger partial charge in [-0.15, -0.1) is 0 Å². The van der Waals surface area contributed by atoms with Crippen molar-refractivity contribution in [2.75, 3.05) is 6.61 Å². The van der Waals surface area contributed by atoms with Crippen LogP contribution in [0.25, 0.3) is 0 Å². The molecule has 0 amide bonds. The van der Waals surface area contributed by atoms with Gasteiger partial charge in [0.2, 0.25) is 5.60 Å². The number of halogens is 1. The molecule has 0 bridgehead atoms. The lowest BCUT2D eigenvalue weighted by molar-refractivity contribution is -0.186. The third-order valence-electron chi connectivity index (χ3n) is 2.42. The molecule has 1 aromatic rings. The van der Waals surface area contributed by atoms with Gasteiger partial charge in [-0.1, -0.05) is 15.9 Å². The number of rotatable bonds is 5. The van der Waals surface area contributed by atoms with Crippen molar-refractivity contribution >= 4 is 21.9 Å². The van der Waals surface area contributed by atoms with Gasteiger partial charge < -0.3 is 9.47 Å². The molecule has 0 spiro atoms. The summed E-state index contributed by atoms with van der Waals surface area (Å²) in [6.07, 6.45) is 0. The van der Waals surface area contributed by atoms with Crippen molar-refractivity contribution in [1.29, 1.82) is 0 Å². The van der Waals surface area contributed by atoms with Gasteiger partial charge in [0.05, 0.1) is 0 Å². The first-order valence-electron chi connectivity index (χ1n) is 6.16. The van der Waals surface area contributed by atoms with Crippen molar-refractivity contribution in [1.82, 2.24) is 0 Å². The predicted octanol–water partition coefficient (Wildman–Crippen LogP) is 2.82. The quantitative estimate of drug-likeness (QED) is 0.656.